The summed E-state index contributed by atoms with van der Waals surface area (Å²) in [7, 11) is 6.50. The Morgan fingerprint density at radius 2 is 1.66 bits per heavy atom. The average Bonchev–Trinajstić information content (AvgIpc) is 3.26. The lowest BCUT2D eigenvalue weighted by molar-refractivity contribution is 0.354. The van der Waals surface area contributed by atoms with Gasteiger partial charge in [-0.1, -0.05) is 6.07 Å². The SMILES string of the molecule is COc1ccc(C2=C[C@H](c3ccc(OC)c(OC)c3)n3ncnc3N2)c(OC)c1. The number of hydrogen-bond acceptors (Lipinski definition) is 7. The highest BCUT2D eigenvalue weighted by Crippen LogP contribution is 2.38. The number of fused-ring (bicyclic) bond motifs is 1. The van der Waals surface area contributed by atoms with Crippen LogP contribution in [-0.2, 0) is 0 Å². The lowest BCUT2D eigenvalue weighted by atomic mass is 10.0. The molecule has 0 fully saturated rings. The number of allylic oxidation sites excluding steroid dienone is 1. The topological polar surface area (TPSA) is 79.7 Å². The van der Waals surface area contributed by atoms with Crippen molar-refractivity contribution in [1.29, 1.82) is 0 Å². The molecular formula is C21H22N4O4. The third-order valence-electron chi connectivity index (χ3n) is 4.86. The van der Waals surface area contributed by atoms with Crippen LogP contribution in [0.1, 0.15) is 17.2 Å². The van der Waals surface area contributed by atoms with Crippen LogP contribution in [0.4, 0.5) is 5.95 Å². The average molecular weight is 394 g/mol. The number of ether oxygens (including phenoxy) is 4. The summed E-state index contributed by atoms with van der Waals surface area (Å²) in [6.45, 7) is 0. The lowest BCUT2D eigenvalue weighted by Crippen LogP contribution is -2.20. The second kappa shape index (κ2) is 7.75. The van der Waals surface area contributed by atoms with E-state index in [1.54, 1.807) is 28.4 Å². The Morgan fingerprint density at radius 1 is 0.862 bits per heavy atom. The van der Waals surface area contributed by atoms with Gasteiger partial charge in [-0.2, -0.15) is 10.1 Å². The third-order valence-corrected chi connectivity index (χ3v) is 4.86. The van der Waals surface area contributed by atoms with Crippen molar-refractivity contribution in [3.05, 3.63) is 59.9 Å². The maximum atomic E-state index is 5.58. The molecule has 4 rings (SSSR count). The fourth-order valence-electron chi connectivity index (χ4n) is 3.39. The Morgan fingerprint density at radius 3 is 2.38 bits per heavy atom. The van der Waals surface area contributed by atoms with Gasteiger partial charge in [0.1, 0.15) is 23.9 Å². The quantitative estimate of drug-likeness (QED) is 0.687. The first kappa shape index (κ1) is 18.7. The van der Waals surface area contributed by atoms with Gasteiger partial charge in [0.25, 0.3) is 0 Å². The normalized spacial score (nSPS) is 15.0. The summed E-state index contributed by atoms with van der Waals surface area (Å²) in [5, 5.41) is 7.72. The van der Waals surface area contributed by atoms with Crippen LogP contribution in [0, 0.1) is 0 Å². The number of benzene rings is 2. The van der Waals surface area contributed by atoms with Crippen LogP contribution in [0.3, 0.4) is 0 Å². The molecule has 0 unspecified atom stereocenters. The fourth-order valence-corrected chi connectivity index (χ4v) is 3.39. The van der Waals surface area contributed by atoms with Gasteiger partial charge >= 0.3 is 0 Å². The lowest BCUT2D eigenvalue weighted by Gasteiger charge is -2.25. The zero-order valence-corrected chi connectivity index (χ0v) is 16.7. The molecule has 1 N–H and O–H groups in total. The number of aromatic nitrogens is 3. The van der Waals surface area contributed by atoms with Crippen LogP contribution in [-0.4, -0.2) is 43.2 Å². The molecule has 1 aliphatic heterocycles. The van der Waals surface area contributed by atoms with Crippen LogP contribution in [0.25, 0.3) is 5.70 Å². The van der Waals surface area contributed by atoms with E-state index in [-0.39, 0.29) is 6.04 Å². The van der Waals surface area contributed by atoms with Gasteiger partial charge in [-0.05, 0) is 35.9 Å². The molecule has 0 spiro atoms. The predicted octanol–water partition coefficient (Wildman–Crippen LogP) is 3.37. The second-order valence-corrected chi connectivity index (χ2v) is 6.36. The first-order valence-corrected chi connectivity index (χ1v) is 9.01. The molecule has 0 saturated heterocycles. The van der Waals surface area contributed by atoms with Crippen LogP contribution < -0.4 is 24.3 Å². The smallest absolute Gasteiger partial charge is 0.226 e. The molecule has 0 aliphatic carbocycles. The van der Waals surface area contributed by atoms with Crippen LogP contribution in [0.15, 0.2) is 48.8 Å². The Labute approximate surface area is 168 Å². The molecule has 8 nitrogen and oxygen atoms in total. The van der Waals surface area contributed by atoms with Crippen LogP contribution in [0.2, 0.25) is 0 Å². The molecule has 1 aromatic heterocycles. The Kier molecular flexibility index (Phi) is 4.99. The van der Waals surface area contributed by atoms with Gasteiger partial charge in [-0.15, -0.1) is 0 Å². The maximum absolute atomic E-state index is 5.58. The maximum Gasteiger partial charge on any atom is 0.226 e. The molecule has 2 heterocycles. The molecule has 2 aromatic carbocycles. The monoisotopic (exact) mass is 394 g/mol. The molecular weight excluding hydrogens is 372 g/mol. The van der Waals surface area contributed by atoms with E-state index in [2.05, 4.69) is 21.5 Å². The zero-order valence-electron chi connectivity index (χ0n) is 16.7. The Bertz CT molecular complexity index is 1060. The Hall–Kier alpha value is -3.68. The van der Waals surface area contributed by atoms with Crippen molar-refractivity contribution < 1.29 is 18.9 Å². The van der Waals surface area contributed by atoms with Crippen molar-refractivity contribution in [2.45, 2.75) is 6.04 Å². The van der Waals surface area contributed by atoms with E-state index in [1.165, 1.54) is 6.33 Å². The summed E-state index contributed by atoms with van der Waals surface area (Å²) in [5.41, 5.74) is 2.75. The van der Waals surface area contributed by atoms with E-state index in [4.69, 9.17) is 18.9 Å². The zero-order chi connectivity index (χ0) is 20.4. The number of nitrogens with zero attached hydrogens (tertiary/aromatic N) is 3. The van der Waals surface area contributed by atoms with E-state index in [0.717, 1.165) is 22.6 Å². The summed E-state index contributed by atoms with van der Waals surface area (Å²) >= 11 is 0. The molecule has 1 atom stereocenters. The molecule has 0 saturated carbocycles. The van der Waals surface area contributed by atoms with Crippen molar-refractivity contribution in [2.24, 2.45) is 0 Å². The number of anilines is 1. The summed E-state index contributed by atoms with van der Waals surface area (Å²) in [6, 6.07) is 11.3. The third kappa shape index (κ3) is 3.33. The minimum atomic E-state index is -0.185. The van der Waals surface area contributed by atoms with Gasteiger partial charge in [0, 0.05) is 11.6 Å². The predicted molar refractivity (Wildman–Crippen MR) is 109 cm³/mol. The van der Waals surface area contributed by atoms with Gasteiger partial charge in [0.05, 0.1) is 34.1 Å². The molecule has 1 aliphatic rings. The summed E-state index contributed by atoms with van der Waals surface area (Å²) in [5.74, 6) is 3.39. The highest BCUT2D eigenvalue weighted by molar-refractivity contribution is 5.80. The number of rotatable bonds is 6. The van der Waals surface area contributed by atoms with E-state index in [9.17, 15) is 0 Å². The summed E-state index contributed by atoms with van der Waals surface area (Å²) < 4.78 is 23.5. The minimum absolute atomic E-state index is 0.185. The minimum Gasteiger partial charge on any atom is -0.497 e. The van der Waals surface area contributed by atoms with Crippen LogP contribution >= 0.6 is 0 Å². The number of hydrogen-bond donors (Lipinski definition) is 1. The standard InChI is InChI=1S/C21H22N4O4/c1-26-14-6-7-15(19(10-14)28-3)16-11-17(25-21(24-16)22-12-23-25)13-5-8-18(27-2)20(9-13)29-4/h5-12,17H,1-4H3,(H,22,23,24)/t17-/m1/s1. The van der Waals surface area contributed by atoms with Crippen molar-refractivity contribution in [3.63, 3.8) is 0 Å². The van der Waals surface area contributed by atoms with E-state index in [1.807, 2.05) is 41.1 Å². The van der Waals surface area contributed by atoms with E-state index < -0.39 is 0 Å². The van der Waals surface area contributed by atoms with E-state index >= 15 is 0 Å². The van der Waals surface area contributed by atoms with Gasteiger partial charge < -0.3 is 24.3 Å². The van der Waals surface area contributed by atoms with Gasteiger partial charge in [0.15, 0.2) is 11.5 Å². The molecule has 150 valence electrons. The first-order valence-electron chi connectivity index (χ1n) is 9.01. The largest absolute Gasteiger partial charge is 0.497 e. The van der Waals surface area contributed by atoms with Gasteiger partial charge in [0.2, 0.25) is 5.95 Å². The van der Waals surface area contributed by atoms with Crippen molar-refractivity contribution in [1.82, 2.24) is 14.8 Å². The highest BCUT2D eigenvalue weighted by atomic mass is 16.5. The number of nitrogens with one attached hydrogen (secondary N) is 1. The van der Waals surface area contributed by atoms with E-state index in [0.29, 0.717) is 23.2 Å². The van der Waals surface area contributed by atoms with Crippen molar-refractivity contribution in [2.75, 3.05) is 33.8 Å². The highest BCUT2D eigenvalue weighted by Gasteiger charge is 2.25. The molecule has 0 bridgehead atoms. The van der Waals surface area contributed by atoms with Crippen LogP contribution in [0.5, 0.6) is 23.0 Å². The molecule has 0 amide bonds. The summed E-state index contributed by atoms with van der Waals surface area (Å²) in [6.07, 6.45) is 3.60. The summed E-state index contributed by atoms with van der Waals surface area (Å²) in [4.78, 5) is 4.35. The molecule has 3 aromatic rings. The molecule has 8 heteroatoms. The van der Waals surface area contributed by atoms with Crippen molar-refractivity contribution >= 4 is 11.6 Å². The first-order chi connectivity index (χ1) is 14.2. The van der Waals surface area contributed by atoms with Crippen molar-refractivity contribution in [3.8, 4) is 23.0 Å². The second-order valence-electron chi connectivity index (χ2n) is 6.36. The molecule has 29 heavy (non-hydrogen) atoms. The Balaban J connectivity index is 1.81. The number of methoxy groups -OCH3 is 4. The van der Waals surface area contributed by atoms with Gasteiger partial charge in [-0.3, -0.25) is 0 Å². The molecule has 0 radical (unpaired) electrons. The fraction of sp³-hybridized carbons (Fsp3) is 0.238. The van der Waals surface area contributed by atoms with Gasteiger partial charge in [-0.25, -0.2) is 4.68 Å².